The summed E-state index contributed by atoms with van der Waals surface area (Å²) in [5.74, 6) is 0.693. The first kappa shape index (κ1) is 28.1. The number of fused-ring (bicyclic) bond motifs is 2. The van der Waals surface area contributed by atoms with E-state index >= 15 is 0 Å². The molecule has 216 valence electrons. The zero-order valence-corrected chi connectivity index (χ0v) is 25.2. The van der Waals surface area contributed by atoms with Crippen molar-refractivity contribution in [3.05, 3.63) is 86.6 Å². The van der Waals surface area contributed by atoms with Gasteiger partial charge in [0.25, 0.3) is 0 Å². The number of piperidine rings is 1. The molecule has 0 radical (unpaired) electrons. The van der Waals surface area contributed by atoms with Gasteiger partial charge in [0.2, 0.25) is 5.88 Å². The maximum Gasteiger partial charge on any atom is 0.583 e. The van der Waals surface area contributed by atoms with Crippen LogP contribution in [0, 0.1) is 26.2 Å². The maximum absolute atomic E-state index is 13.7. The van der Waals surface area contributed by atoms with Crippen LogP contribution in [0.1, 0.15) is 67.5 Å². The molecule has 8 heteroatoms. The van der Waals surface area contributed by atoms with Crippen molar-refractivity contribution >= 4 is 41.3 Å². The molecule has 0 amide bonds. The molecule has 0 unspecified atom stereocenters. The van der Waals surface area contributed by atoms with Gasteiger partial charge >= 0.3 is 7.12 Å². The van der Waals surface area contributed by atoms with Gasteiger partial charge in [0.05, 0.1) is 23.2 Å². The number of anilines is 2. The molecule has 1 atom stereocenters. The molecule has 0 aliphatic carbocycles. The lowest BCUT2D eigenvalue weighted by atomic mass is 9.72. The van der Waals surface area contributed by atoms with Crippen LogP contribution in [-0.2, 0) is 4.76 Å². The summed E-state index contributed by atoms with van der Waals surface area (Å²) >= 11 is 0. The zero-order valence-electron chi connectivity index (χ0n) is 25.2. The van der Waals surface area contributed by atoms with Crippen LogP contribution in [0.5, 0.6) is 0 Å². The second kappa shape index (κ2) is 10.7. The van der Waals surface area contributed by atoms with Gasteiger partial charge in [-0.05, 0) is 86.4 Å². The lowest BCUT2D eigenvalue weighted by molar-refractivity contribution is 0.274. The van der Waals surface area contributed by atoms with Crippen molar-refractivity contribution < 1.29 is 14.2 Å². The van der Waals surface area contributed by atoms with E-state index in [1.165, 1.54) is 0 Å². The van der Waals surface area contributed by atoms with Crippen LogP contribution in [-0.4, -0.2) is 31.4 Å². The Kier molecular flexibility index (Phi) is 7.13. The number of oxime groups is 1. The molecule has 42 heavy (non-hydrogen) atoms. The van der Waals surface area contributed by atoms with E-state index in [0.717, 1.165) is 70.5 Å². The highest BCUT2D eigenvalue weighted by atomic mass is 16.6. The highest BCUT2D eigenvalue weighted by Gasteiger charge is 2.30. The highest BCUT2D eigenvalue weighted by molar-refractivity contribution is 6.62. The summed E-state index contributed by atoms with van der Waals surface area (Å²) in [6.07, 6.45) is 3.76. The van der Waals surface area contributed by atoms with Gasteiger partial charge in [0.15, 0.2) is 5.43 Å². The number of benzene rings is 3. The number of rotatable bonds is 5. The molecule has 1 fully saturated rings. The van der Waals surface area contributed by atoms with Crippen molar-refractivity contribution in [3.8, 4) is 11.1 Å². The van der Waals surface area contributed by atoms with Crippen molar-refractivity contribution in [3.63, 3.8) is 0 Å². The van der Waals surface area contributed by atoms with E-state index in [2.05, 4.69) is 60.4 Å². The minimum Gasteiger partial charge on any atom is -0.440 e. The largest absolute Gasteiger partial charge is 0.583 e. The number of nitrogens with zero attached hydrogens (tertiary/aromatic N) is 2. The van der Waals surface area contributed by atoms with E-state index in [4.69, 9.17) is 9.17 Å². The number of hydrogen-bond donors (Lipinski definition) is 2. The van der Waals surface area contributed by atoms with Gasteiger partial charge < -0.3 is 24.4 Å². The molecule has 3 heterocycles. The Balaban J connectivity index is 1.39. The van der Waals surface area contributed by atoms with E-state index in [1.807, 2.05) is 45.0 Å². The van der Waals surface area contributed by atoms with Crippen molar-refractivity contribution in [1.29, 1.82) is 0 Å². The van der Waals surface area contributed by atoms with Gasteiger partial charge in [0, 0.05) is 35.4 Å². The normalized spacial score (nSPS) is 16.7. The average Bonchev–Trinajstić information content (AvgIpc) is 2.95. The summed E-state index contributed by atoms with van der Waals surface area (Å²) in [5, 5.41) is 18.5. The summed E-state index contributed by atoms with van der Waals surface area (Å²) < 4.78 is 11.7. The van der Waals surface area contributed by atoms with E-state index < -0.39 is 7.12 Å². The number of aryl methyl sites for hydroxylation is 2. The SMILES string of the molecule is Cc1cc([C@@H](C)Nc2ccccc2-c2cc(C)c3c(c2)C=NOB3O)c2oc(N3CCC(C)(C)CC3)c(C)c(=O)c2c1. The molecule has 2 N–H and O–H groups in total. The smallest absolute Gasteiger partial charge is 0.440 e. The summed E-state index contributed by atoms with van der Waals surface area (Å²) in [4.78, 5) is 15.9. The lowest BCUT2D eigenvalue weighted by Crippen LogP contribution is -2.39. The second-order valence-electron chi connectivity index (χ2n) is 12.6. The van der Waals surface area contributed by atoms with Crippen LogP contribution in [0.3, 0.4) is 0 Å². The molecular weight excluding hydrogens is 525 g/mol. The molecule has 0 spiro atoms. The first-order chi connectivity index (χ1) is 20.0. The number of nitrogens with one attached hydrogen (secondary N) is 1. The third-order valence-electron chi connectivity index (χ3n) is 8.87. The maximum atomic E-state index is 13.7. The lowest BCUT2D eigenvalue weighted by Gasteiger charge is -2.37. The van der Waals surface area contributed by atoms with Crippen LogP contribution in [0.15, 0.2) is 62.9 Å². The Morgan fingerprint density at radius 1 is 1.07 bits per heavy atom. The van der Waals surface area contributed by atoms with Gasteiger partial charge in [-0.2, -0.15) is 0 Å². The van der Waals surface area contributed by atoms with Crippen molar-refractivity contribution in [2.45, 2.75) is 60.4 Å². The fraction of sp³-hybridized carbons (Fsp3) is 0.353. The van der Waals surface area contributed by atoms with Crippen LogP contribution in [0.2, 0.25) is 0 Å². The predicted molar refractivity (Wildman–Crippen MR) is 172 cm³/mol. The molecule has 1 aromatic heterocycles. The summed E-state index contributed by atoms with van der Waals surface area (Å²) in [5.41, 5.74) is 9.10. The van der Waals surface area contributed by atoms with E-state index in [0.29, 0.717) is 27.8 Å². The Labute approximate surface area is 247 Å². The van der Waals surface area contributed by atoms with Crippen LogP contribution >= 0.6 is 0 Å². The summed E-state index contributed by atoms with van der Waals surface area (Å²) in [6.45, 7) is 14.3. The molecule has 0 saturated carbocycles. The van der Waals surface area contributed by atoms with Gasteiger partial charge in [0.1, 0.15) is 5.58 Å². The number of para-hydroxylation sites is 1. The highest BCUT2D eigenvalue weighted by Crippen LogP contribution is 2.37. The Hall–Kier alpha value is -4.04. The Morgan fingerprint density at radius 2 is 1.81 bits per heavy atom. The molecule has 7 nitrogen and oxygen atoms in total. The first-order valence-corrected chi connectivity index (χ1v) is 14.7. The molecule has 3 aromatic carbocycles. The third-order valence-corrected chi connectivity index (χ3v) is 8.87. The quantitative estimate of drug-likeness (QED) is 0.280. The minimum atomic E-state index is -1.07. The molecule has 2 aliphatic heterocycles. The van der Waals surface area contributed by atoms with Crippen LogP contribution in [0.25, 0.3) is 22.1 Å². The van der Waals surface area contributed by atoms with E-state index in [1.54, 1.807) is 6.21 Å². The van der Waals surface area contributed by atoms with Crippen LogP contribution < -0.4 is 21.1 Å². The van der Waals surface area contributed by atoms with Crippen molar-refractivity contribution in [1.82, 2.24) is 0 Å². The Bertz CT molecular complexity index is 1770. The van der Waals surface area contributed by atoms with Crippen LogP contribution in [0.4, 0.5) is 11.6 Å². The predicted octanol–water partition coefficient (Wildman–Crippen LogP) is 6.24. The standard InChI is InChI=1S/C34H38BN3O4/c1-20-15-27(32-28(16-20)31(39)22(3)33(41-32)38-13-11-34(5,6)12-14-38)23(4)37-29-10-8-7-9-26(29)24-17-21(2)30-25(18-24)19-36-42-35(30)40/h7-10,15-19,23,37,40H,11-14H2,1-6H3/t23-/m1/s1. The minimum absolute atomic E-state index is 0.0333. The third kappa shape index (κ3) is 5.09. The molecule has 0 bridgehead atoms. The van der Waals surface area contributed by atoms with E-state index in [9.17, 15) is 9.82 Å². The summed E-state index contributed by atoms with van der Waals surface area (Å²) in [6, 6.07) is 16.2. The molecule has 2 aliphatic rings. The monoisotopic (exact) mass is 563 g/mol. The fourth-order valence-electron chi connectivity index (χ4n) is 6.29. The summed E-state index contributed by atoms with van der Waals surface area (Å²) in [7, 11) is -1.07. The Morgan fingerprint density at radius 3 is 2.57 bits per heavy atom. The molecule has 6 rings (SSSR count). The van der Waals surface area contributed by atoms with Gasteiger partial charge in [-0.25, -0.2) is 0 Å². The first-order valence-electron chi connectivity index (χ1n) is 14.7. The fourth-order valence-corrected chi connectivity index (χ4v) is 6.29. The van der Waals surface area contributed by atoms with Crippen molar-refractivity contribution in [2.24, 2.45) is 10.6 Å². The molecule has 1 saturated heterocycles. The molecular formula is C34H38BN3O4. The van der Waals surface area contributed by atoms with Crippen molar-refractivity contribution in [2.75, 3.05) is 23.3 Å². The second-order valence-corrected chi connectivity index (χ2v) is 12.6. The van der Waals surface area contributed by atoms with Gasteiger partial charge in [-0.3, -0.25) is 4.79 Å². The van der Waals surface area contributed by atoms with E-state index in [-0.39, 0.29) is 11.5 Å². The van der Waals surface area contributed by atoms with Gasteiger partial charge in [-0.15, -0.1) is 5.16 Å². The zero-order chi connectivity index (χ0) is 29.8. The molecule has 4 aromatic rings. The topological polar surface area (TPSA) is 87.3 Å². The number of hydrogen-bond acceptors (Lipinski definition) is 7. The van der Waals surface area contributed by atoms with Gasteiger partial charge in [-0.1, -0.05) is 44.2 Å². The average molecular weight is 564 g/mol.